The van der Waals surface area contributed by atoms with E-state index >= 15 is 0 Å². The normalized spacial score (nSPS) is 16.6. The summed E-state index contributed by atoms with van der Waals surface area (Å²) in [7, 11) is -3.72. The van der Waals surface area contributed by atoms with E-state index in [2.05, 4.69) is 5.32 Å². The SMILES string of the molecule is CC(=O)c1cccc(S(=O)(=O)N2CCC(C(=O)N[C@@H](C)c3ccc(Cl)cc3Cl)CC2)c1. The zero-order valence-electron chi connectivity index (χ0n) is 17.3. The molecule has 1 heterocycles. The number of carbonyl (C=O) groups excluding carboxylic acids is 2. The van der Waals surface area contributed by atoms with Gasteiger partial charge in [0, 0.05) is 34.6 Å². The first-order valence-corrected chi connectivity index (χ1v) is 12.2. The van der Waals surface area contributed by atoms with Gasteiger partial charge < -0.3 is 5.32 Å². The van der Waals surface area contributed by atoms with Gasteiger partial charge in [0.2, 0.25) is 15.9 Å². The third-order valence-corrected chi connectivity index (χ3v) is 7.95. The van der Waals surface area contributed by atoms with E-state index in [1.165, 1.54) is 23.4 Å². The highest BCUT2D eigenvalue weighted by atomic mass is 35.5. The topological polar surface area (TPSA) is 83.6 Å². The standard InChI is InChI=1S/C22H24Cl2N2O4S/c1-14(20-7-6-18(23)13-21(20)24)25-22(28)16-8-10-26(11-9-16)31(29,30)19-5-3-4-17(12-19)15(2)27/h3-7,12-14,16H,8-11H2,1-2H3,(H,25,28)/t14-/m0/s1. The highest BCUT2D eigenvalue weighted by Gasteiger charge is 2.32. The van der Waals surface area contributed by atoms with Gasteiger partial charge in [-0.05, 0) is 56.5 Å². The molecule has 9 heteroatoms. The summed E-state index contributed by atoms with van der Waals surface area (Å²) in [6.07, 6.45) is 0.830. The fraction of sp³-hybridized carbons (Fsp3) is 0.364. The molecule has 0 aromatic heterocycles. The van der Waals surface area contributed by atoms with Crippen LogP contribution in [0.3, 0.4) is 0 Å². The Morgan fingerprint density at radius 1 is 1.10 bits per heavy atom. The summed E-state index contributed by atoms with van der Waals surface area (Å²) < 4.78 is 27.3. The second kappa shape index (κ2) is 9.69. The molecular weight excluding hydrogens is 459 g/mol. The molecule has 3 rings (SSSR count). The minimum atomic E-state index is -3.72. The van der Waals surface area contributed by atoms with Gasteiger partial charge in [0.25, 0.3) is 0 Å². The Morgan fingerprint density at radius 3 is 2.39 bits per heavy atom. The minimum absolute atomic E-state index is 0.0918. The Labute approximate surface area is 192 Å². The maximum absolute atomic E-state index is 13.0. The van der Waals surface area contributed by atoms with Crippen LogP contribution in [0.1, 0.15) is 48.7 Å². The lowest BCUT2D eigenvalue weighted by atomic mass is 9.96. The Bertz CT molecular complexity index is 1100. The number of nitrogens with zero attached hydrogens (tertiary/aromatic N) is 1. The first kappa shape index (κ1) is 23.7. The number of rotatable bonds is 6. The molecule has 1 aliphatic heterocycles. The summed E-state index contributed by atoms with van der Waals surface area (Å²) in [5.74, 6) is -0.611. The van der Waals surface area contributed by atoms with Gasteiger partial charge in [-0.25, -0.2) is 8.42 Å². The Balaban J connectivity index is 1.62. The van der Waals surface area contributed by atoms with E-state index < -0.39 is 10.0 Å². The van der Waals surface area contributed by atoms with Crippen LogP contribution in [0.5, 0.6) is 0 Å². The van der Waals surface area contributed by atoms with Crippen molar-refractivity contribution in [1.29, 1.82) is 0 Å². The van der Waals surface area contributed by atoms with E-state index in [0.29, 0.717) is 28.5 Å². The summed E-state index contributed by atoms with van der Waals surface area (Å²) >= 11 is 12.1. The fourth-order valence-electron chi connectivity index (χ4n) is 3.64. The van der Waals surface area contributed by atoms with Crippen molar-refractivity contribution in [2.45, 2.75) is 37.6 Å². The molecule has 1 atom stereocenters. The largest absolute Gasteiger partial charge is 0.349 e. The molecule has 1 amide bonds. The van der Waals surface area contributed by atoms with Gasteiger partial charge in [-0.1, -0.05) is 41.4 Å². The number of nitrogens with one attached hydrogen (secondary N) is 1. The molecule has 0 saturated carbocycles. The molecule has 166 valence electrons. The summed E-state index contributed by atoms with van der Waals surface area (Å²) in [5, 5.41) is 3.96. The number of benzene rings is 2. The van der Waals surface area contributed by atoms with E-state index in [4.69, 9.17) is 23.2 Å². The molecule has 1 fully saturated rings. The average molecular weight is 483 g/mol. The molecule has 1 saturated heterocycles. The van der Waals surface area contributed by atoms with Gasteiger partial charge in [0.15, 0.2) is 5.78 Å². The second-order valence-electron chi connectivity index (χ2n) is 7.66. The van der Waals surface area contributed by atoms with Crippen molar-refractivity contribution in [2.24, 2.45) is 5.92 Å². The van der Waals surface area contributed by atoms with Crippen molar-refractivity contribution in [3.63, 3.8) is 0 Å². The summed E-state index contributed by atoms with van der Waals surface area (Å²) in [6.45, 7) is 3.71. The van der Waals surface area contributed by atoms with E-state index in [-0.39, 0.29) is 41.6 Å². The molecule has 1 aliphatic rings. The molecule has 1 N–H and O–H groups in total. The van der Waals surface area contributed by atoms with Gasteiger partial charge in [-0.15, -0.1) is 0 Å². The number of hydrogen-bond donors (Lipinski definition) is 1. The van der Waals surface area contributed by atoms with E-state index in [9.17, 15) is 18.0 Å². The molecule has 0 radical (unpaired) electrons. The fourth-order valence-corrected chi connectivity index (χ4v) is 5.73. The number of ketones is 1. The summed E-state index contributed by atoms with van der Waals surface area (Å²) in [6, 6.07) is 10.9. The van der Waals surface area contributed by atoms with Crippen LogP contribution in [0.25, 0.3) is 0 Å². The Morgan fingerprint density at radius 2 is 1.77 bits per heavy atom. The lowest BCUT2D eigenvalue weighted by Crippen LogP contribution is -2.43. The molecule has 0 aliphatic carbocycles. The average Bonchev–Trinajstić information content (AvgIpc) is 2.73. The number of Topliss-reactive ketones (excluding diaryl/α,β-unsaturated/α-hetero) is 1. The molecule has 6 nitrogen and oxygen atoms in total. The van der Waals surface area contributed by atoms with E-state index in [1.54, 1.807) is 30.3 Å². The van der Waals surface area contributed by atoms with Crippen molar-refractivity contribution in [2.75, 3.05) is 13.1 Å². The molecule has 0 spiro atoms. The predicted octanol–water partition coefficient (Wildman–Crippen LogP) is 4.47. The van der Waals surface area contributed by atoms with Crippen molar-refractivity contribution in [3.8, 4) is 0 Å². The van der Waals surface area contributed by atoms with Gasteiger partial charge in [0.05, 0.1) is 10.9 Å². The predicted molar refractivity (Wildman–Crippen MR) is 121 cm³/mol. The second-order valence-corrected chi connectivity index (χ2v) is 10.4. The molecule has 2 aromatic carbocycles. The third-order valence-electron chi connectivity index (χ3n) is 5.49. The number of carbonyl (C=O) groups is 2. The number of halogens is 2. The number of sulfonamides is 1. The monoisotopic (exact) mass is 482 g/mol. The maximum Gasteiger partial charge on any atom is 0.243 e. The van der Waals surface area contributed by atoms with Crippen molar-refractivity contribution in [3.05, 3.63) is 63.6 Å². The van der Waals surface area contributed by atoms with Crippen LogP contribution in [0.2, 0.25) is 10.0 Å². The lowest BCUT2D eigenvalue weighted by Gasteiger charge is -2.31. The van der Waals surface area contributed by atoms with Crippen LogP contribution in [0.4, 0.5) is 0 Å². The van der Waals surface area contributed by atoms with Crippen LogP contribution in [-0.4, -0.2) is 37.5 Å². The highest BCUT2D eigenvalue weighted by Crippen LogP contribution is 2.28. The molecule has 31 heavy (non-hydrogen) atoms. The van der Waals surface area contributed by atoms with Gasteiger partial charge in [-0.2, -0.15) is 4.31 Å². The van der Waals surface area contributed by atoms with Crippen LogP contribution >= 0.6 is 23.2 Å². The molecule has 0 bridgehead atoms. The summed E-state index contributed by atoms with van der Waals surface area (Å²) in [5.41, 5.74) is 1.12. The van der Waals surface area contributed by atoms with Gasteiger partial charge >= 0.3 is 0 Å². The quantitative estimate of drug-likeness (QED) is 0.615. The highest BCUT2D eigenvalue weighted by molar-refractivity contribution is 7.89. The molecular formula is C22H24Cl2N2O4S. The number of piperidine rings is 1. The van der Waals surface area contributed by atoms with E-state index in [0.717, 1.165) is 5.56 Å². The zero-order chi connectivity index (χ0) is 22.8. The zero-order valence-corrected chi connectivity index (χ0v) is 19.6. The smallest absolute Gasteiger partial charge is 0.243 e. The van der Waals surface area contributed by atoms with E-state index in [1.807, 2.05) is 6.92 Å². The van der Waals surface area contributed by atoms with Crippen LogP contribution in [0, 0.1) is 5.92 Å². The minimum Gasteiger partial charge on any atom is -0.349 e. The Hall–Kier alpha value is -1.93. The lowest BCUT2D eigenvalue weighted by molar-refractivity contribution is -0.126. The Kier molecular flexibility index (Phi) is 7.42. The maximum atomic E-state index is 13.0. The molecule has 2 aromatic rings. The van der Waals surface area contributed by atoms with Gasteiger partial charge in [-0.3, -0.25) is 9.59 Å². The van der Waals surface area contributed by atoms with Crippen molar-refractivity contribution in [1.82, 2.24) is 9.62 Å². The van der Waals surface area contributed by atoms with Crippen LogP contribution < -0.4 is 5.32 Å². The third kappa shape index (κ3) is 5.47. The first-order valence-electron chi connectivity index (χ1n) is 9.96. The van der Waals surface area contributed by atoms with Crippen molar-refractivity contribution >= 4 is 44.9 Å². The van der Waals surface area contributed by atoms with Crippen molar-refractivity contribution < 1.29 is 18.0 Å². The van der Waals surface area contributed by atoms with Crippen LogP contribution in [-0.2, 0) is 14.8 Å². The van der Waals surface area contributed by atoms with Crippen LogP contribution in [0.15, 0.2) is 47.4 Å². The number of amides is 1. The number of hydrogen-bond acceptors (Lipinski definition) is 4. The first-order chi connectivity index (χ1) is 14.6. The van der Waals surface area contributed by atoms with Gasteiger partial charge in [0.1, 0.15) is 0 Å². The molecule has 0 unspecified atom stereocenters. The summed E-state index contributed by atoms with van der Waals surface area (Å²) in [4.78, 5) is 24.4.